The Morgan fingerprint density at radius 3 is 2.15 bits per heavy atom. The molecule has 0 bridgehead atoms. The molecular weight excluding hydrogens is 422 g/mol. The summed E-state index contributed by atoms with van der Waals surface area (Å²) in [6.45, 7) is 2.89. The number of nitrogens with one attached hydrogen (secondary N) is 2. The Morgan fingerprint density at radius 1 is 1.00 bits per heavy atom. The molecule has 9 heteroatoms. The van der Waals surface area contributed by atoms with Crippen LogP contribution in [-0.2, 0) is 16.0 Å². The highest BCUT2D eigenvalue weighted by molar-refractivity contribution is 5.90. The van der Waals surface area contributed by atoms with Gasteiger partial charge >= 0.3 is 6.03 Å². The Morgan fingerprint density at radius 2 is 1.61 bits per heavy atom. The number of carbonyl (C=O) groups excluding carboxylic acids is 3. The van der Waals surface area contributed by atoms with E-state index in [9.17, 15) is 14.4 Å². The normalized spacial score (nSPS) is 14.1. The van der Waals surface area contributed by atoms with Crippen LogP contribution in [0.4, 0.5) is 10.5 Å². The van der Waals surface area contributed by atoms with Gasteiger partial charge in [-0.05, 0) is 42.0 Å². The Kier molecular flexibility index (Phi) is 7.86. The van der Waals surface area contributed by atoms with Crippen molar-refractivity contribution in [3.63, 3.8) is 0 Å². The fraction of sp³-hybridized carbons (Fsp3) is 0.333. The van der Waals surface area contributed by atoms with Crippen LogP contribution < -0.4 is 15.4 Å². The van der Waals surface area contributed by atoms with Crippen LogP contribution in [0.1, 0.15) is 18.1 Å². The summed E-state index contributed by atoms with van der Waals surface area (Å²) in [6.07, 6.45) is 0.363. The van der Waals surface area contributed by atoms with E-state index in [4.69, 9.17) is 10.00 Å². The van der Waals surface area contributed by atoms with Gasteiger partial charge in [0.15, 0.2) is 0 Å². The third-order valence-corrected chi connectivity index (χ3v) is 5.42. The molecule has 1 atom stereocenters. The first-order valence-electron chi connectivity index (χ1n) is 10.6. The zero-order valence-electron chi connectivity index (χ0n) is 18.7. The van der Waals surface area contributed by atoms with Crippen molar-refractivity contribution in [1.82, 2.24) is 15.1 Å². The lowest BCUT2D eigenvalue weighted by Crippen LogP contribution is -2.56. The Bertz CT molecular complexity index is 1020. The first kappa shape index (κ1) is 23.6. The van der Waals surface area contributed by atoms with E-state index < -0.39 is 6.04 Å². The topological polar surface area (TPSA) is 115 Å². The molecule has 2 aromatic carbocycles. The number of piperazine rings is 1. The minimum absolute atomic E-state index is 0.173. The fourth-order valence-corrected chi connectivity index (χ4v) is 3.62. The third kappa shape index (κ3) is 6.46. The second-order valence-electron chi connectivity index (χ2n) is 7.74. The number of methoxy groups -OCH3 is 1. The largest absolute Gasteiger partial charge is 0.497 e. The van der Waals surface area contributed by atoms with Gasteiger partial charge in [0.05, 0.1) is 18.7 Å². The van der Waals surface area contributed by atoms with Gasteiger partial charge in [0, 0.05) is 45.2 Å². The minimum atomic E-state index is -0.685. The van der Waals surface area contributed by atoms with Crippen molar-refractivity contribution in [2.45, 2.75) is 19.4 Å². The molecule has 1 saturated heterocycles. The minimum Gasteiger partial charge on any atom is -0.497 e. The molecule has 2 N–H and O–H groups in total. The molecule has 1 heterocycles. The van der Waals surface area contributed by atoms with Crippen LogP contribution in [-0.4, -0.2) is 67.0 Å². The summed E-state index contributed by atoms with van der Waals surface area (Å²) in [5.74, 6) is 0.270. The molecule has 0 unspecified atom stereocenters. The molecule has 4 amide bonds. The molecule has 33 heavy (non-hydrogen) atoms. The molecule has 1 aliphatic heterocycles. The number of nitrogens with zero attached hydrogens (tertiary/aromatic N) is 3. The number of carbonyl (C=O) groups is 3. The monoisotopic (exact) mass is 449 g/mol. The summed E-state index contributed by atoms with van der Waals surface area (Å²) in [6, 6.07) is 15.1. The summed E-state index contributed by atoms with van der Waals surface area (Å²) >= 11 is 0. The summed E-state index contributed by atoms with van der Waals surface area (Å²) in [4.78, 5) is 40.7. The van der Waals surface area contributed by atoms with Crippen LogP contribution in [0.5, 0.6) is 5.75 Å². The summed E-state index contributed by atoms with van der Waals surface area (Å²) < 4.78 is 5.16. The van der Waals surface area contributed by atoms with Gasteiger partial charge < -0.3 is 25.2 Å². The molecule has 172 valence electrons. The zero-order valence-corrected chi connectivity index (χ0v) is 18.7. The van der Waals surface area contributed by atoms with Crippen molar-refractivity contribution in [2.24, 2.45) is 0 Å². The van der Waals surface area contributed by atoms with E-state index in [-0.39, 0.29) is 17.8 Å². The summed E-state index contributed by atoms with van der Waals surface area (Å²) in [5.41, 5.74) is 2.02. The van der Waals surface area contributed by atoms with E-state index in [1.165, 1.54) is 6.92 Å². The number of urea groups is 1. The summed E-state index contributed by atoms with van der Waals surface area (Å²) in [7, 11) is 1.59. The van der Waals surface area contributed by atoms with Gasteiger partial charge in [-0.15, -0.1) is 0 Å². The molecule has 0 saturated carbocycles. The predicted molar refractivity (Wildman–Crippen MR) is 123 cm³/mol. The molecule has 3 rings (SSSR count). The van der Waals surface area contributed by atoms with Crippen molar-refractivity contribution in [3.05, 3.63) is 59.7 Å². The lowest BCUT2D eigenvalue weighted by Gasteiger charge is -2.36. The van der Waals surface area contributed by atoms with E-state index >= 15 is 0 Å². The van der Waals surface area contributed by atoms with Crippen LogP contribution in [0.25, 0.3) is 0 Å². The average Bonchev–Trinajstić information content (AvgIpc) is 2.84. The SMILES string of the molecule is COc1ccc(C[C@H](NC(C)=O)C(=O)N2CCN(C(=O)Nc3ccc(C#N)cc3)CC2)cc1. The van der Waals surface area contributed by atoms with Crippen molar-refractivity contribution < 1.29 is 19.1 Å². The van der Waals surface area contributed by atoms with Gasteiger partial charge in [0.1, 0.15) is 11.8 Å². The Hall–Kier alpha value is -4.06. The van der Waals surface area contributed by atoms with E-state index in [0.717, 1.165) is 11.3 Å². The molecule has 1 aliphatic rings. The van der Waals surface area contributed by atoms with E-state index in [0.29, 0.717) is 43.9 Å². The molecule has 0 aliphatic carbocycles. The summed E-state index contributed by atoms with van der Waals surface area (Å²) in [5, 5.41) is 14.4. The van der Waals surface area contributed by atoms with Crippen LogP contribution in [0.15, 0.2) is 48.5 Å². The fourth-order valence-electron chi connectivity index (χ4n) is 3.62. The van der Waals surface area contributed by atoms with Gasteiger partial charge in [-0.25, -0.2) is 4.79 Å². The number of amides is 4. The Balaban J connectivity index is 1.57. The van der Waals surface area contributed by atoms with Crippen molar-refractivity contribution >= 4 is 23.5 Å². The van der Waals surface area contributed by atoms with Crippen LogP contribution >= 0.6 is 0 Å². The molecule has 0 aromatic heterocycles. The van der Waals surface area contributed by atoms with Crippen LogP contribution in [0, 0.1) is 11.3 Å². The molecular formula is C24H27N5O4. The number of hydrogen-bond acceptors (Lipinski definition) is 5. The number of anilines is 1. The van der Waals surface area contributed by atoms with Gasteiger partial charge in [-0.1, -0.05) is 12.1 Å². The van der Waals surface area contributed by atoms with Gasteiger partial charge in [-0.2, -0.15) is 5.26 Å². The maximum atomic E-state index is 13.1. The number of ether oxygens (including phenoxy) is 1. The van der Waals surface area contributed by atoms with E-state index in [2.05, 4.69) is 10.6 Å². The van der Waals surface area contributed by atoms with Gasteiger partial charge in [0.2, 0.25) is 11.8 Å². The lowest BCUT2D eigenvalue weighted by molar-refractivity contribution is -0.137. The Labute approximate surface area is 192 Å². The standard InChI is InChI=1S/C24H27N5O4/c1-17(30)26-22(15-18-5-9-21(33-2)10-6-18)23(31)28-11-13-29(14-12-28)24(32)27-20-7-3-19(16-25)4-8-20/h3-10,22H,11-15H2,1-2H3,(H,26,30)(H,27,32)/t22-/m0/s1. The van der Waals surface area contributed by atoms with Gasteiger partial charge in [-0.3, -0.25) is 9.59 Å². The molecule has 0 spiro atoms. The molecule has 9 nitrogen and oxygen atoms in total. The second kappa shape index (κ2) is 11.0. The number of nitriles is 1. The van der Waals surface area contributed by atoms with Gasteiger partial charge in [0.25, 0.3) is 0 Å². The highest BCUT2D eigenvalue weighted by Crippen LogP contribution is 2.15. The number of hydrogen-bond donors (Lipinski definition) is 2. The lowest BCUT2D eigenvalue weighted by atomic mass is 10.0. The van der Waals surface area contributed by atoms with E-state index in [1.54, 1.807) is 41.2 Å². The second-order valence-corrected chi connectivity index (χ2v) is 7.74. The number of benzene rings is 2. The highest BCUT2D eigenvalue weighted by Gasteiger charge is 2.29. The zero-order chi connectivity index (χ0) is 23.8. The smallest absolute Gasteiger partial charge is 0.321 e. The van der Waals surface area contributed by atoms with Crippen LogP contribution in [0.2, 0.25) is 0 Å². The maximum absolute atomic E-state index is 13.1. The van der Waals surface area contributed by atoms with Crippen molar-refractivity contribution in [1.29, 1.82) is 5.26 Å². The average molecular weight is 450 g/mol. The molecule has 2 aromatic rings. The van der Waals surface area contributed by atoms with Crippen LogP contribution in [0.3, 0.4) is 0 Å². The molecule has 1 fully saturated rings. The first-order chi connectivity index (χ1) is 15.9. The quantitative estimate of drug-likeness (QED) is 0.700. The van der Waals surface area contributed by atoms with E-state index in [1.807, 2.05) is 30.3 Å². The van der Waals surface area contributed by atoms with Crippen molar-refractivity contribution in [2.75, 3.05) is 38.6 Å². The predicted octanol–water partition coefficient (Wildman–Crippen LogP) is 1.99. The maximum Gasteiger partial charge on any atom is 0.321 e. The third-order valence-electron chi connectivity index (χ3n) is 5.42. The van der Waals surface area contributed by atoms with Crippen molar-refractivity contribution in [3.8, 4) is 11.8 Å². The highest BCUT2D eigenvalue weighted by atomic mass is 16.5. The number of rotatable bonds is 6. The first-order valence-corrected chi connectivity index (χ1v) is 10.6. The molecule has 0 radical (unpaired) electrons.